The maximum atomic E-state index is 12.9. The van der Waals surface area contributed by atoms with Crippen LogP contribution in [0.1, 0.15) is 41.2 Å². The number of rotatable bonds is 8. The van der Waals surface area contributed by atoms with Gasteiger partial charge in [0.25, 0.3) is 0 Å². The molecule has 0 bridgehead atoms. The minimum atomic E-state index is -0.958. The van der Waals surface area contributed by atoms with Gasteiger partial charge in [0.2, 0.25) is 0 Å². The number of urea groups is 1. The molecule has 2 heterocycles. The standard InChI is InChI=1S/C23H27N3O5/c1-14(2)26-22(29)21(28)25(23(26)30)13-20(27)19-12-15(3)24(16(19)4)11-10-17-6-8-18(31-5)9-7-17/h6-9,12,14H,10-11,13H2,1-5H3. The molecule has 1 aliphatic rings. The van der Waals surface area contributed by atoms with Crippen LogP contribution in [0, 0.1) is 13.8 Å². The van der Waals surface area contributed by atoms with E-state index in [4.69, 9.17) is 4.74 Å². The van der Waals surface area contributed by atoms with Crippen LogP contribution >= 0.6 is 0 Å². The molecule has 164 valence electrons. The lowest BCUT2D eigenvalue weighted by molar-refractivity contribution is -0.143. The number of nitrogens with zero attached hydrogens (tertiary/aromatic N) is 3. The summed E-state index contributed by atoms with van der Waals surface area (Å²) in [7, 11) is 1.62. The zero-order chi connectivity index (χ0) is 22.9. The fourth-order valence-electron chi connectivity index (χ4n) is 3.81. The van der Waals surface area contributed by atoms with Gasteiger partial charge in [-0.05, 0) is 57.9 Å². The normalized spacial score (nSPS) is 14.2. The first-order valence-corrected chi connectivity index (χ1v) is 10.2. The number of carbonyl (C=O) groups is 4. The van der Waals surface area contributed by atoms with E-state index < -0.39 is 30.4 Å². The summed E-state index contributed by atoms with van der Waals surface area (Å²) in [6.45, 7) is 7.27. The highest BCUT2D eigenvalue weighted by Crippen LogP contribution is 2.20. The van der Waals surface area contributed by atoms with Crippen molar-refractivity contribution in [2.24, 2.45) is 0 Å². The molecule has 0 unspecified atom stereocenters. The minimum Gasteiger partial charge on any atom is -0.497 e. The van der Waals surface area contributed by atoms with Crippen LogP contribution < -0.4 is 4.74 Å². The first kappa shape index (κ1) is 22.3. The Morgan fingerprint density at radius 3 is 2.23 bits per heavy atom. The summed E-state index contributed by atoms with van der Waals surface area (Å²) < 4.78 is 7.22. The van der Waals surface area contributed by atoms with Crippen molar-refractivity contribution < 1.29 is 23.9 Å². The number of amides is 4. The minimum absolute atomic E-state index is 0.371. The van der Waals surface area contributed by atoms with Gasteiger partial charge < -0.3 is 9.30 Å². The number of ketones is 1. The van der Waals surface area contributed by atoms with Crippen molar-refractivity contribution >= 4 is 23.6 Å². The lowest BCUT2D eigenvalue weighted by atomic mass is 10.1. The van der Waals surface area contributed by atoms with Gasteiger partial charge in [0.1, 0.15) is 5.75 Å². The highest BCUT2D eigenvalue weighted by atomic mass is 16.5. The Balaban J connectivity index is 1.73. The Hall–Kier alpha value is -3.42. The average molecular weight is 425 g/mol. The number of aryl methyl sites for hydroxylation is 2. The molecule has 0 spiro atoms. The van der Waals surface area contributed by atoms with Crippen LogP contribution in [0.4, 0.5) is 4.79 Å². The molecule has 1 fully saturated rings. The number of imide groups is 2. The Labute approximate surface area is 181 Å². The molecule has 8 nitrogen and oxygen atoms in total. The Bertz CT molecular complexity index is 1040. The molecule has 1 saturated heterocycles. The number of ether oxygens (including phenoxy) is 1. The van der Waals surface area contributed by atoms with Crippen molar-refractivity contribution in [3.8, 4) is 5.75 Å². The van der Waals surface area contributed by atoms with E-state index in [1.165, 1.54) is 0 Å². The van der Waals surface area contributed by atoms with Crippen molar-refractivity contribution in [2.45, 2.75) is 46.7 Å². The maximum absolute atomic E-state index is 12.9. The molecule has 4 amide bonds. The van der Waals surface area contributed by atoms with Crippen LogP contribution in [0.25, 0.3) is 0 Å². The van der Waals surface area contributed by atoms with E-state index in [2.05, 4.69) is 0 Å². The SMILES string of the molecule is COc1ccc(CCn2c(C)cc(C(=O)CN3C(=O)C(=O)N(C(C)C)C3=O)c2C)cc1. The van der Waals surface area contributed by atoms with E-state index in [9.17, 15) is 19.2 Å². The van der Waals surface area contributed by atoms with Crippen LogP contribution in [-0.4, -0.2) is 57.7 Å². The van der Waals surface area contributed by atoms with E-state index >= 15 is 0 Å². The van der Waals surface area contributed by atoms with Gasteiger partial charge in [0.15, 0.2) is 5.78 Å². The summed E-state index contributed by atoms with van der Waals surface area (Å²) in [5.41, 5.74) is 3.26. The predicted molar refractivity (Wildman–Crippen MR) is 114 cm³/mol. The maximum Gasteiger partial charge on any atom is 0.334 e. The Morgan fingerprint density at radius 1 is 1.03 bits per heavy atom. The molecule has 3 rings (SSSR count). The summed E-state index contributed by atoms with van der Waals surface area (Å²) in [4.78, 5) is 51.2. The molecule has 0 radical (unpaired) electrons. The lowest BCUT2D eigenvalue weighted by Gasteiger charge is -2.18. The van der Waals surface area contributed by atoms with Gasteiger partial charge in [-0.2, -0.15) is 0 Å². The molecular formula is C23H27N3O5. The van der Waals surface area contributed by atoms with Gasteiger partial charge in [0.05, 0.1) is 13.7 Å². The fraction of sp³-hybridized carbons (Fsp3) is 0.391. The van der Waals surface area contributed by atoms with E-state index in [0.717, 1.165) is 38.9 Å². The quantitative estimate of drug-likeness (QED) is 0.369. The zero-order valence-corrected chi connectivity index (χ0v) is 18.5. The zero-order valence-electron chi connectivity index (χ0n) is 18.5. The van der Waals surface area contributed by atoms with Crippen molar-refractivity contribution in [3.63, 3.8) is 0 Å². The first-order valence-electron chi connectivity index (χ1n) is 10.2. The van der Waals surface area contributed by atoms with Crippen molar-refractivity contribution in [3.05, 3.63) is 52.8 Å². The van der Waals surface area contributed by atoms with Gasteiger partial charge in [-0.15, -0.1) is 0 Å². The molecule has 0 saturated carbocycles. The monoisotopic (exact) mass is 425 g/mol. The van der Waals surface area contributed by atoms with Gasteiger partial charge in [-0.1, -0.05) is 12.1 Å². The number of benzene rings is 1. The summed E-state index contributed by atoms with van der Waals surface area (Å²) in [6, 6.07) is 8.39. The number of carbonyl (C=O) groups excluding carboxylic acids is 4. The summed E-state index contributed by atoms with van der Waals surface area (Å²) >= 11 is 0. The highest BCUT2D eigenvalue weighted by molar-refractivity contribution is 6.45. The lowest BCUT2D eigenvalue weighted by Crippen LogP contribution is -2.39. The molecule has 1 aromatic heterocycles. The smallest absolute Gasteiger partial charge is 0.334 e. The Kier molecular flexibility index (Phi) is 6.29. The molecule has 1 aliphatic heterocycles. The second-order valence-corrected chi connectivity index (χ2v) is 7.90. The Morgan fingerprint density at radius 2 is 1.68 bits per heavy atom. The third kappa shape index (κ3) is 4.23. The number of hydrogen-bond donors (Lipinski definition) is 0. The first-order chi connectivity index (χ1) is 14.6. The molecule has 8 heteroatoms. The summed E-state index contributed by atoms with van der Waals surface area (Å²) in [6.07, 6.45) is 0.773. The molecular weight excluding hydrogens is 398 g/mol. The largest absolute Gasteiger partial charge is 0.497 e. The number of methoxy groups -OCH3 is 1. The second kappa shape index (κ2) is 8.75. The van der Waals surface area contributed by atoms with Gasteiger partial charge in [-0.3, -0.25) is 19.3 Å². The highest BCUT2D eigenvalue weighted by Gasteiger charge is 2.46. The van der Waals surface area contributed by atoms with Crippen LogP contribution in [0.15, 0.2) is 30.3 Å². The molecule has 31 heavy (non-hydrogen) atoms. The van der Waals surface area contributed by atoms with E-state index in [-0.39, 0.29) is 5.78 Å². The van der Waals surface area contributed by atoms with Crippen molar-refractivity contribution in [1.82, 2.24) is 14.4 Å². The van der Waals surface area contributed by atoms with Crippen molar-refractivity contribution in [1.29, 1.82) is 0 Å². The number of aromatic nitrogens is 1. The fourth-order valence-corrected chi connectivity index (χ4v) is 3.81. The molecule has 0 aliphatic carbocycles. The third-order valence-corrected chi connectivity index (χ3v) is 5.56. The van der Waals surface area contributed by atoms with Gasteiger partial charge in [-0.25, -0.2) is 9.69 Å². The number of Topliss-reactive ketones (excluding diaryl/α,β-unsaturated/α-hetero) is 1. The number of hydrogen-bond acceptors (Lipinski definition) is 5. The molecule has 2 aromatic rings. The van der Waals surface area contributed by atoms with Crippen LogP contribution in [0.3, 0.4) is 0 Å². The van der Waals surface area contributed by atoms with E-state index in [1.807, 2.05) is 42.7 Å². The van der Waals surface area contributed by atoms with Crippen LogP contribution in [0.2, 0.25) is 0 Å². The molecule has 0 atom stereocenters. The van der Waals surface area contributed by atoms with Crippen LogP contribution in [-0.2, 0) is 22.6 Å². The predicted octanol–water partition coefficient (Wildman–Crippen LogP) is 2.74. The van der Waals surface area contributed by atoms with Gasteiger partial charge >= 0.3 is 17.8 Å². The van der Waals surface area contributed by atoms with E-state index in [1.54, 1.807) is 27.0 Å². The average Bonchev–Trinajstić information content (AvgIpc) is 3.14. The van der Waals surface area contributed by atoms with Gasteiger partial charge in [0, 0.05) is 29.5 Å². The summed E-state index contributed by atoms with van der Waals surface area (Å²) in [5.74, 6) is -1.42. The topological polar surface area (TPSA) is 88.9 Å². The summed E-state index contributed by atoms with van der Waals surface area (Å²) in [5, 5.41) is 0. The second-order valence-electron chi connectivity index (χ2n) is 7.90. The molecule has 0 N–H and O–H groups in total. The van der Waals surface area contributed by atoms with Crippen molar-refractivity contribution in [2.75, 3.05) is 13.7 Å². The third-order valence-electron chi connectivity index (χ3n) is 5.56. The van der Waals surface area contributed by atoms with Crippen LogP contribution in [0.5, 0.6) is 5.75 Å². The van der Waals surface area contributed by atoms with E-state index in [0.29, 0.717) is 12.1 Å². The molecule has 1 aromatic carbocycles.